The van der Waals surface area contributed by atoms with Crippen LogP contribution in [-0.2, 0) is 11.2 Å². The lowest BCUT2D eigenvalue weighted by Gasteiger charge is -2.20. The summed E-state index contributed by atoms with van der Waals surface area (Å²) in [6, 6.07) is 9.23. The van der Waals surface area contributed by atoms with Gasteiger partial charge in [0.15, 0.2) is 0 Å². The minimum atomic E-state index is 0.108. The second-order valence-corrected chi connectivity index (χ2v) is 8.66. The van der Waals surface area contributed by atoms with Gasteiger partial charge in [0.05, 0.1) is 0 Å². The number of amides is 1. The zero-order valence-electron chi connectivity index (χ0n) is 16.3. The van der Waals surface area contributed by atoms with E-state index in [-0.39, 0.29) is 5.92 Å². The minimum Gasteiger partial charge on any atom is -0.342 e. The predicted octanol–water partition coefficient (Wildman–Crippen LogP) is 3.84. The van der Waals surface area contributed by atoms with Crippen molar-refractivity contribution in [3.8, 4) is 0 Å². The molecule has 0 unspecified atom stereocenters. The molecule has 3 heteroatoms. The Morgan fingerprint density at radius 3 is 2.54 bits per heavy atom. The fourth-order valence-electron chi connectivity index (χ4n) is 4.93. The molecule has 0 spiro atoms. The first kappa shape index (κ1) is 17.8. The molecule has 2 heterocycles. The Balaban J connectivity index is 1.38. The molecule has 0 aromatic heterocycles. The first-order valence-electron chi connectivity index (χ1n) is 10.4. The summed E-state index contributed by atoms with van der Waals surface area (Å²) in [7, 11) is 0. The van der Waals surface area contributed by atoms with Crippen LogP contribution in [0.5, 0.6) is 0 Å². The average Bonchev–Trinajstić information content (AvgIpc) is 3.36. The van der Waals surface area contributed by atoms with E-state index in [1.54, 1.807) is 0 Å². The van der Waals surface area contributed by atoms with E-state index >= 15 is 0 Å². The molecule has 26 heavy (non-hydrogen) atoms. The molecule has 3 nitrogen and oxygen atoms in total. The second kappa shape index (κ2) is 7.56. The highest BCUT2D eigenvalue weighted by molar-refractivity contribution is 5.80. The summed E-state index contributed by atoms with van der Waals surface area (Å²) in [6.45, 7) is 9.61. The maximum atomic E-state index is 12.3. The molecule has 1 aliphatic carbocycles. The molecule has 4 rings (SSSR count). The van der Waals surface area contributed by atoms with Gasteiger partial charge in [-0.05, 0) is 61.4 Å². The topological polar surface area (TPSA) is 23.6 Å². The summed E-state index contributed by atoms with van der Waals surface area (Å²) < 4.78 is 0. The maximum Gasteiger partial charge on any atom is 0.225 e. The second-order valence-electron chi connectivity index (χ2n) is 8.66. The van der Waals surface area contributed by atoms with Crippen LogP contribution < -0.4 is 0 Å². The normalized spacial score (nSPS) is 25.8. The van der Waals surface area contributed by atoms with Crippen molar-refractivity contribution in [2.75, 3.05) is 32.7 Å². The number of fused-ring (bicyclic) bond motifs is 1. The Morgan fingerprint density at radius 2 is 1.85 bits per heavy atom. The molecule has 0 saturated carbocycles. The van der Waals surface area contributed by atoms with Gasteiger partial charge >= 0.3 is 0 Å². The lowest BCUT2D eigenvalue weighted by molar-refractivity contribution is -0.133. The largest absolute Gasteiger partial charge is 0.342 e. The third kappa shape index (κ3) is 3.59. The zero-order valence-corrected chi connectivity index (χ0v) is 16.3. The molecule has 2 saturated heterocycles. The molecule has 1 amide bonds. The highest BCUT2D eigenvalue weighted by Gasteiger charge is 2.40. The molecule has 1 aromatic carbocycles. The van der Waals surface area contributed by atoms with Crippen LogP contribution in [0.3, 0.4) is 0 Å². The monoisotopic (exact) mass is 352 g/mol. The number of allylic oxidation sites excluding steroid dienone is 1. The fraction of sp³-hybridized carbons (Fsp3) is 0.609. The number of hydrogen-bond acceptors (Lipinski definition) is 2. The SMILES string of the molecule is CC(C)C(=O)N1C[C@@H]2CC=C(c3ccc(CCN4CCCC4)cc3)[C@@H]2C1. The first-order chi connectivity index (χ1) is 12.6. The molecule has 2 atom stereocenters. The highest BCUT2D eigenvalue weighted by Crippen LogP contribution is 2.43. The van der Waals surface area contributed by atoms with E-state index in [0.717, 1.165) is 25.9 Å². The van der Waals surface area contributed by atoms with E-state index in [0.29, 0.717) is 17.7 Å². The van der Waals surface area contributed by atoms with Crippen molar-refractivity contribution in [1.29, 1.82) is 0 Å². The van der Waals surface area contributed by atoms with Gasteiger partial charge in [-0.25, -0.2) is 0 Å². The predicted molar refractivity (Wildman–Crippen MR) is 107 cm³/mol. The number of benzene rings is 1. The van der Waals surface area contributed by atoms with E-state index in [1.165, 1.54) is 49.2 Å². The number of rotatable bonds is 5. The number of hydrogen-bond donors (Lipinski definition) is 0. The quantitative estimate of drug-likeness (QED) is 0.804. The van der Waals surface area contributed by atoms with Crippen molar-refractivity contribution in [1.82, 2.24) is 9.80 Å². The van der Waals surface area contributed by atoms with Crippen molar-refractivity contribution in [3.05, 3.63) is 41.5 Å². The van der Waals surface area contributed by atoms with E-state index in [1.807, 2.05) is 13.8 Å². The molecule has 2 aliphatic heterocycles. The van der Waals surface area contributed by atoms with Gasteiger partial charge in [0.1, 0.15) is 0 Å². The van der Waals surface area contributed by atoms with Gasteiger partial charge in [0, 0.05) is 31.5 Å². The molecule has 1 aromatic rings. The van der Waals surface area contributed by atoms with E-state index < -0.39 is 0 Å². The molecule has 140 valence electrons. The molecule has 0 N–H and O–H groups in total. The van der Waals surface area contributed by atoms with Gasteiger partial charge in [0.25, 0.3) is 0 Å². The van der Waals surface area contributed by atoms with Crippen molar-refractivity contribution in [2.45, 2.75) is 39.5 Å². The lowest BCUT2D eigenvalue weighted by atomic mass is 9.90. The van der Waals surface area contributed by atoms with E-state index in [4.69, 9.17) is 0 Å². The maximum absolute atomic E-state index is 12.3. The van der Waals surface area contributed by atoms with Gasteiger partial charge in [-0.1, -0.05) is 44.2 Å². The Kier molecular flexibility index (Phi) is 5.17. The Morgan fingerprint density at radius 1 is 1.12 bits per heavy atom. The lowest BCUT2D eigenvalue weighted by Crippen LogP contribution is -2.32. The molecule has 0 bridgehead atoms. The molecule has 2 fully saturated rings. The Labute approximate surface area is 158 Å². The summed E-state index contributed by atoms with van der Waals surface area (Å²) in [4.78, 5) is 17.0. The van der Waals surface area contributed by atoms with Crippen molar-refractivity contribution in [2.24, 2.45) is 17.8 Å². The molecule has 3 aliphatic rings. The Bertz CT molecular complexity index is 670. The molecular weight excluding hydrogens is 320 g/mol. The minimum absolute atomic E-state index is 0.108. The van der Waals surface area contributed by atoms with Gasteiger partial charge in [-0.3, -0.25) is 4.79 Å². The van der Waals surface area contributed by atoms with E-state index in [2.05, 4.69) is 40.1 Å². The summed E-state index contributed by atoms with van der Waals surface area (Å²) in [5.41, 5.74) is 4.28. The standard InChI is InChI=1S/C23H32N2O/c1-17(2)23(26)25-15-20-9-10-21(22(20)16-25)19-7-5-18(6-8-19)11-14-24-12-3-4-13-24/h5-8,10,17,20,22H,3-4,9,11-16H2,1-2H3/t20-,22+/m0/s1. The van der Waals surface area contributed by atoms with Crippen LogP contribution in [0.25, 0.3) is 5.57 Å². The number of likely N-dealkylation sites (tertiary alicyclic amines) is 2. The molecular formula is C23H32N2O. The van der Waals surface area contributed by atoms with Gasteiger partial charge in [0.2, 0.25) is 5.91 Å². The zero-order chi connectivity index (χ0) is 18.1. The van der Waals surface area contributed by atoms with Gasteiger partial charge < -0.3 is 9.80 Å². The fourth-order valence-corrected chi connectivity index (χ4v) is 4.93. The summed E-state index contributed by atoms with van der Waals surface area (Å²) in [6.07, 6.45) is 7.43. The van der Waals surface area contributed by atoms with Crippen LogP contribution in [-0.4, -0.2) is 48.4 Å². The van der Waals surface area contributed by atoms with Crippen LogP contribution >= 0.6 is 0 Å². The third-order valence-electron chi connectivity index (χ3n) is 6.49. The van der Waals surface area contributed by atoms with E-state index in [9.17, 15) is 4.79 Å². The van der Waals surface area contributed by atoms with Crippen LogP contribution in [0.15, 0.2) is 30.3 Å². The molecule has 0 radical (unpaired) electrons. The summed E-state index contributed by atoms with van der Waals surface area (Å²) in [5.74, 6) is 1.59. The number of carbonyl (C=O) groups excluding carboxylic acids is 1. The van der Waals surface area contributed by atoms with Crippen molar-refractivity contribution in [3.63, 3.8) is 0 Å². The van der Waals surface area contributed by atoms with Crippen LogP contribution in [0, 0.1) is 17.8 Å². The van der Waals surface area contributed by atoms with Crippen LogP contribution in [0.4, 0.5) is 0 Å². The summed E-state index contributed by atoms with van der Waals surface area (Å²) >= 11 is 0. The highest BCUT2D eigenvalue weighted by atomic mass is 16.2. The Hall–Kier alpha value is -1.61. The smallest absolute Gasteiger partial charge is 0.225 e. The van der Waals surface area contributed by atoms with Crippen LogP contribution in [0.2, 0.25) is 0 Å². The third-order valence-corrected chi connectivity index (χ3v) is 6.49. The van der Waals surface area contributed by atoms with Gasteiger partial charge in [-0.2, -0.15) is 0 Å². The number of carbonyl (C=O) groups is 1. The summed E-state index contributed by atoms with van der Waals surface area (Å²) in [5, 5.41) is 0. The first-order valence-corrected chi connectivity index (χ1v) is 10.4. The number of nitrogens with zero attached hydrogens (tertiary/aromatic N) is 2. The average molecular weight is 353 g/mol. The van der Waals surface area contributed by atoms with Crippen molar-refractivity contribution >= 4 is 11.5 Å². The van der Waals surface area contributed by atoms with Gasteiger partial charge in [-0.15, -0.1) is 0 Å². The van der Waals surface area contributed by atoms with Crippen molar-refractivity contribution < 1.29 is 4.79 Å². The van der Waals surface area contributed by atoms with Crippen LogP contribution in [0.1, 0.15) is 44.2 Å².